The molecule has 22 heavy (non-hydrogen) atoms. The zero-order chi connectivity index (χ0) is 16.8. The molecule has 122 valence electrons. The molecule has 2 aromatic rings. The third kappa shape index (κ3) is 3.92. The number of halogens is 6. The minimum atomic E-state index is -9.67. The van der Waals surface area contributed by atoms with Crippen LogP contribution in [0, 0.1) is 27.9 Å². The molecule has 0 nitrogen and oxygen atoms in total. The molecule has 2 aromatic carbocycles. The van der Waals surface area contributed by atoms with Gasteiger partial charge in [-0.15, -0.1) is 0 Å². The third-order valence-corrected chi connectivity index (χ3v) is 8.35. The minimum Gasteiger partial charge on any atom is -0.0935 e. The molecule has 0 aliphatic carbocycles. The van der Waals surface area contributed by atoms with Crippen molar-refractivity contribution >= 4 is 10.2 Å². The van der Waals surface area contributed by atoms with Gasteiger partial charge in [-0.2, -0.15) is 0 Å². The molecular weight excluding hydrogens is 434 g/mol. The van der Waals surface area contributed by atoms with Crippen LogP contribution in [-0.4, -0.2) is 0 Å². The van der Waals surface area contributed by atoms with Crippen molar-refractivity contribution < 1.29 is 40.6 Å². The molecule has 0 bridgehead atoms. The molecular formula is C15H15F5IS+. The van der Waals surface area contributed by atoms with E-state index in [1.54, 1.807) is 13.8 Å². The summed E-state index contributed by atoms with van der Waals surface area (Å²) in [6, 6.07) is 7.78. The lowest BCUT2D eigenvalue weighted by Gasteiger charge is -2.39. The van der Waals surface area contributed by atoms with Gasteiger partial charge in [0.2, 0.25) is 3.57 Å². The van der Waals surface area contributed by atoms with Gasteiger partial charge in [-0.05, 0) is 32.9 Å². The van der Waals surface area contributed by atoms with Crippen LogP contribution in [0.4, 0.5) is 19.4 Å². The molecule has 0 amide bonds. The predicted molar refractivity (Wildman–Crippen MR) is 75.9 cm³/mol. The molecule has 0 N–H and O–H groups in total. The van der Waals surface area contributed by atoms with Crippen molar-refractivity contribution in [1.29, 1.82) is 0 Å². The second-order valence-electron chi connectivity index (χ2n) is 5.21. The maximum Gasteiger partial charge on any atom is 0.360 e. The zero-order valence-corrected chi connectivity index (χ0v) is 15.1. The Hall–Kier alpha value is -0.830. The van der Waals surface area contributed by atoms with Crippen LogP contribution in [0.1, 0.15) is 16.7 Å². The molecule has 2 rings (SSSR count). The topological polar surface area (TPSA) is 0 Å². The summed E-state index contributed by atoms with van der Waals surface area (Å²) in [5, 5.41) is 0. The first-order chi connectivity index (χ1) is 9.77. The fourth-order valence-electron chi connectivity index (χ4n) is 2.25. The molecule has 0 heterocycles. The summed E-state index contributed by atoms with van der Waals surface area (Å²) in [6.07, 6.45) is 0. The molecule has 0 saturated heterocycles. The quantitative estimate of drug-likeness (QED) is 0.498. The average Bonchev–Trinajstić information content (AvgIpc) is 2.31. The van der Waals surface area contributed by atoms with Crippen molar-refractivity contribution in [2.24, 2.45) is 0 Å². The molecule has 0 aromatic heterocycles. The van der Waals surface area contributed by atoms with E-state index in [4.69, 9.17) is 0 Å². The maximum absolute atomic E-state index is 13.2. The van der Waals surface area contributed by atoms with Gasteiger partial charge in [0, 0.05) is 11.1 Å². The van der Waals surface area contributed by atoms with Crippen LogP contribution in [0.15, 0.2) is 41.3 Å². The monoisotopic (exact) mass is 449 g/mol. The van der Waals surface area contributed by atoms with Crippen LogP contribution in [0.3, 0.4) is 0 Å². The Morgan fingerprint density at radius 1 is 0.818 bits per heavy atom. The lowest BCUT2D eigenvalue weighted by molar-refractivity contribution is -0.602. The molecule has 0 aliphatic rings. The Balaban J connectivity index is 2.59. The van der Waals surface area contributed by atoms with E-state index >= 15 is 0 Å². The van der Waals surface area contributed by atoms with E-state index in [0.717, 1.165) is 26.3 Å². The molecule has 0 atom stereocenters. The first kappa shape index (κ1) is 17.5. The van der Waals surface area contributed by atoms with Crippen molar-refractivity contribution in [3.63, 3.8) is 0 Å². The van der Waals surface area contributed by atoms with Gasteiger partial charge in [0.1, 0.15) is 0 Å². The van der Waals surface area contributed by atoms with Crippen molar-refractivity contribution in [2.75, 3.05) is 0 Å². The highest BCUT2D eigenvalue weighted by Crippen LogP contribution is 3.02. The number of rotatable bonds is 3. The second-order valence-corrected chi connectivity index (χ2v) is 10.4. The smallest absolute Gasteiger partial charge is 0.0935 e. The van der Waals surface area contributed by atoms with Crippen molar-refractivity contribution in [3.8, 4) is 0 Å². The second kappa shape index (κ2) is 4.83. The van der Waals surface area contributed by atoms with Crippen LogP contribution in [0.5, 0.6) is 0 Å². The summed E-state index contributed by atoms with van der Waals surface area (Å²) in [5.74, 6) is 0. The van der Waals surface area contributed by atoms with Gasteiger partial charge >= 0.3 is 31.4 Å². The van der Waals surface area contributed by atoms with Crippen LogP contribution in [-0.2, 0) is 0 Å². The van der Waals surface area contributed by atoms with E-state index in [2.05, 4.69) is 0 Å². The highest BCUT2D eigenvalue weighted by molar-refractivity contribution is 8.45. The van der Waals surface area contributed by atoms with Gasteiger partial charge in [0.05, 0.1) is 0 Å². The minimum absolute atomic E-state index is 0.282. The molecule has 0 unspecified atom stereocenters. The fraction of sp³-hybridized carbons (Fsp3) is 0.200. The van der Waals surface area contributed by atoms with Gasteiger partial charge in [-0.1, -0.05) is 49.3 Å². The first-order valence-corrected chi connectivity index (χ1v) is 10.4. The summed E-state index contributed by atoms with van der Waals surface area (Å²) >= 11 is -1.35. The summed E-state index contributed by atoms with van der Waals surface area (Å²) in [4.78, 5) is -1.74. The summed E-state index contributed by atoms with van der Waals surface area (Å²) in [5.41, 5.74) is 2.70. The van der Waals surface area contributed by atoms with Gasteiger partial charge in [0.15, 0.2) is 8.47 Å². The number of benzene rings is 2. The van der Waals surface area contributed by atoms with Gasteiger partial charge in [-0.25, -0.2) is 0 Å². The third-order valence-electron chi connectivity index (χ3n) is 3.03. The molecule has 7 heteroatoms. The Bertz CT molecular complexity index is 714. The highest BCUT2D eigenvalue weighted by Gasteiger charge is 2.68. The van der Waals surface area contributed by atoms with Crippen LogP contribution >= 0.6 is 10.2 Å². The number of hydrogen-bond donors (Lipinski definition) is 0. The summed E-state index contributed by atoms with van der Waals surface area (Å²) in [7, 11) is -9.67. The van der Waals surface area contributed by atoms with E-state index in [1.807, 2.05) is 19.1 Å². The average molecular weight is 449 g/mol. The van der Waals surface area contributed by atoms with Crippen molar-refractivity contribution in [2.45, 2.75) is 25.7 Å². The normalized spacial score (nSPS) is 15.3. The van der Waals surface area contributed by atoms with E-state index in [-0.39, 0.29) is 3.57 Å². The van der Waals surface area contributed by atoms with E-state index in [0.29, 0.717) is 6.07 Å². The Morgan fingerprint density at radius 3 is 1.82 bits per heavy atom. The molecule has 0 aliphatic heterocycles. The van der Waals surface area contributed by atoms with E-state index < -0.39 is 36.3 Å². The van der Waals surface area contributed by atoms with Crippen molar-refractivity contribution in [1.82, 2.24) is 0 Å². The van der Waals surface area contributed by atoms with Crippen LogP contribution < -0.4 is 21.2 Å². The SMILES string of the molecule is Cc1cc(C)c([I+]c2ccccc2S(F)(F)(F)(F)F)c(C)c1. The maximum atomic E-state index is 13.2. The number of hydrogen-bond acceptors (Lipinski definition) is 0. The summed E-state index contributed by atoms with van der Waals surface area (Å²) < 4.78 is 66.4. The highest BCUT2D eigenvalue weighted by atomic mass is 127. The van der Waals surface area contributed by atoms with E-state index in [1.165, 1.54) is 12.1 Å². The summed E-state index contributed by atoms with van der Waals surface area (Å²) in [6.45, 7) is 5.50. The molecule has 0 radical (unpaired) electrons. The lowest BCUT2D eigenvalue weighted by Crippen LogP contribution is -3.62. The Labute approximate surface area is 136 Å². The fourth-order valence-corrected chi connectivity index (χ4v) is 7.10. The molecule has 0 saturated carbocycles. The van der Waals surface area contributed by atoms with Crippen molar-refractivity contribution in [3.05, 3.63) is 60.2 Å². The lowest BCUT2D eigenvalue weighted by atomic mass is 10.1. The predicted octanol–water partition coefficient (Wildman–Crippen LogP) is 3.40. The Morgan fingerprint density at radius 2 is 1.32 bits per heavy atom. The van der Waals surface area contributed by atoms with E-state index in [9.17, 15) is 19.4 Å². The number of aryl methyl sites for hydroxylation is 3. The first-order valence-electron chi connectivity index (χ1n) is 6.34. The standard InChI is InChI=1S/C15H15F5IS/c1-10-8-11(2)15(12(3)9-10)21-13-6-4-5-7-14(13)22(16,17,18,19)20/h4-9H,1-3H3/q+1. The molecule has 0 spiro atoms. The van der Waals surface area contributed by atoms with Crippen LogP contribution in [0.2, 0.25) is 0 Å². The molecule has 0 fully saturated rings. The van der Waals surface area contributed by atoms with Gasteiger partial charge in [0.25, 0.3) is 0 Å². The Kier molecular flexibility index (Phi) is 3.85. The van der Waals surface area contributed by atoms with Gasteiger partial charge < -0.3 is 0 Å². The van der Waals surface area contributed by atoms with Gasteiger partial charge in [-0.3, -0.25) is 0 Å². The largest absolute Gasteiger partial charge is 0.360 e. The zero-order valence-electron chi connectivity index (χ0n) is 12.1. The van der Waals surface area contributed by atoms with Crippen LogP contribution in [0.25, 0.3) is 0 Å².